The van der Waals surface area contributed by atoms with Crippen LogP contribution in [0.15, 0.2) is 60.7 Å². The zero-order chi connectivity index (χ0) is 21.1. The molecule has 2 heteroatoms. The van der Waals surface area contributed by atoms with E-state index >= 15 is 0 Å². The molecule has 0 N–H and O–H groups in total. The van der Waals surface area contributed by atoms with Crippen molar-refractivity contribution in [3.8, 4) is 0 Å². The summed E-state index contributed by atoms with van der Waals surface area (Å²) >= 11 is -2.34. The Kier molecular flexibility index (Phi) is 10.8. The van der Waals surface area contributed by atoms with Gasteiger partial charge in [-0.1, -0.05) is 0 Å². The van der Waals surface area contributed by atoms with Crippen molar-refractivity contribution in [2.75, 3.05) is 0 Å². The molecule has 2 aromatic rings. The van der Waals surface area contributed by atoms with Crippen molar-refractivity contribution in [2.24, 2.45) is 5.92 Å². The van der Waals surface area contributed by atoms with Crippen LogP contribution >= 0.6 is 0 Å². The van der Waals surface area contributed by atoms with E-state index in [2.05, 4.69) is 98.2 Å². The van der Waals surface area contributed by atoms with E-state index in [1.807, 2.05) is 0 Å². The van der Waals surface area contributed by atoms with Gasteiger partial charge in [0.25, 0.3) is 0 Å². The number of hydrogen-bond acceptors (Lipinski definition) is 1. The van der Waals surface area contributed by atoms with Crippen LogP contribution in [0.5, 0.6) is 0 Å². The van der Waals surface area contributed by atoms with Gasteiger partial charge in [0.1, 0.15) is 0 Å². The molecule has 0 aliphatic carbocycles. The number of nitrogens with zero attached hydrogens (tertiary/aromatic N) is 1. The third kappa shape index (κ3) is 7.75. The monoisotopic (exact) mass is 501 g/mol. The molecule has 2 rings (SSSR count). The van der Waals surface area contributed by atoms with E-state index in [0.29, 0.717) is 0 Å². The molecule has 1 unspecified atom stereocenters. The second-order valence-electron chi connectivity index (χ2n) is 9.43. The van der Waals surface area contributed by atoms with Crippen LogP contribution in [0.3, 0.4) is 0 Å². The predicted octanol–water partition coefficient (Wildman–Crippen LogP) is 7.93. The summed E-state index contributed by atoms with van der Waals surface area (Å²) in [6.45, 7) is 11.8. The van der Waals surface area contributed by atoms with Gasteiger partial charge in [-0.25, -0.2) is 0 Å². The van der Waals surface area contributed by atoms with E-state index in [1.165, 1.54) is 45.7 Å². The Labute approximate surface area is 184 Å². The maximum absolute atomic E-state index is 2.87. The molecule has 0 fully saturated rings. The van der Waals surface area contributed by atoms with Gasteiger partial charge in [-0.2, -0.15) is 0 Å². The van der Waals surface area contributed by atoms with Gasteiger partial charge in [-0.3, -0.25) is 0 Å². The normalized spacial score (nSPS) is 13.2. The summed E-state index contributed by atoms with van der Waals surface area (Å²) in [6, 6.07) is 22.3. The third-order valence-corrected chi connectivity index (χ3v) is 22.0. The predicted molar refractivity (Wildman–Crippen MR) is 132 cm³/mol. The SMILES string of the molecule is CCC[CH2][Sn]([CH3])([CH2]CCC)[CH](C(C)C)N(Cc1ccccc1)Cc1ccccc1. The molecule has 0 bridgehead atoms. The fourth-order valence-corrected chi connectivity index (χ4v) is 21.8. The molecule has 0 saturated heterocycles. The van der Waals surface area contributed by atoms with E-state index in [-0.39, 0.29) is 0 Å². The average Bonchev–Trinajstić information content (AvgIpc) is 2.72. The Hall–Kier alpha value is -0.801. The number of benzene rings is 2. The van der Waals surface area contributed by atoms with E-state index in [9.17, 15) is 0 Å². The number of unbranched alkanes of at least 4 members (excludes halogenated alkanes) is 2. The summed E-state index contributed by atoms with van der Waals surface area (Å²) < 4.78 is 3.85. The molecule has 0 radical (unpaired) electrons. The van der Waals surface area contributed by atoms with Crippen molar-refractivity contribution in [1.82, 2.24) is 4.90 Å². The second kappa shape index (κ2) is 12.8. The van der Waals surface area contributed by atoms with E-state index in [4.69, 9.17) is 0 Å². The molecule has 0 aliphatic heterocycles. The first kappa shape index (κ1) is 24.5. The van der Waals surface area contributed by atoms with E-state index in [1.54, 1.807) is 0 Å². The molecule has 0 heterocycles. The standard InChI is InChI=1S/C18H22N.2C4H9.CH3.Sn/c1-16(2)13-19(14-17-9-5-3-6-10-17)15-18-11-7-4-8-12-18;2*1-3-4-2;;/h3-13,16H,14-15H2,1-2H3;2*1,3-4H2,2H3;1H3;. The summed E-state index contributed by atoms with van der Waals surface area (Å²) in [5.41, 5.74) is 2.91. The molecule has 0 spiro atoms. The molecular formula is C27H43NSn. The van der Waals surface area contributed by atoms with Crippen LogP contribution in [0.1, 0.15) is 64.5 Å². The first-order valence-electron chi connectivity index (χ1n) is 11.8. The first-order chi connectivity index (χ1) is 14.0. The van der Waals surface area contributed by atoms with Crippen LogP contribution in [0.4, 0.5) is 0 Å². The zero-order valence-electron chi connectivity index (χ0n) is 19.5. The van der Waals surface area contributed by atoms with Crippen molar-refractivity contribution in [3.05, 3.63) is 71.8 Å². The van der Waals surface area contributed by atoms with Crippen molar-refractivity contribution in [2.45, 2.75) is 84.3 Å². The Morgan fingerprint density at radius 1 is 0.724 bits per heavy atom. The van der Waals surface area contributed by atoms with Gasteiger partial charge in [0.05, 0.1) is 0 Å². The van der Waals surface area contributed by atoms with E-state index in [0.717, 1.165) is 23.1 Å². The molecule has 0 saturated carbocycles. The average molecular weight is 500 g/mol. The van der Waals surface area contributed by atoms with Crippen LogP contribution in [0, 0.1) is 5.92 Å². The van der Waals surface area contributed by atoms with E-state index < -0.39 is 18.4 Å². The second-order valence-corrected chi connectivity index (χ2v) is 23.4. The van der Waals surface area contributed by atoms with Gasteiger partial charge in [-0.05, 0) is 0 Å². The molecule has 0 aromatic heterocycles. The van der Waals surface area contributed by atoms with Gasteiger partial charge >= 0.3 is 185 Å². The molecule has 1 nitrogen and oxygen atoms in total. The molecule has 0 amide bonds. The molecule has 2 aromatic carbocycles. The van der Waals surface area contributed by atoms with Crippen LogP contribution < -0.4 is 0 Å². The van der Waals surface area contributed by atoms with Gasteiger partial charge in [0.15, 0.2) is 0 Å². The Bertz CT molecular complexity index is 618. The zero-order valence-corrected chi connectivity index (χ0v) is 22.4. The van der Waals surface area contributed by atoms with Gasteiger partial charge in [0, 0.05) is 0 Å². The van der Waals surface area contributed by atoms with Crippen molar-refractivity contribution in [1.29, 1.82) is 0 Å². The van der Waals surface area contributed by atoms with Gasteiger partial charge < -0.3 is 0 Å². The molecular weight excluding hydrogens is 457 g/mol. The fourth-order valence-electron chi connectivity index (χ4n) is 5.14. The fraction of sp³-hybridized carbons (Fsp3) is 0.556. The van der Waals surface area contributed by atoms with Crippen LogP contribution in [0.25, 0.3) is 0 Å². The molecule has 1 atom stereocenters. The Morgan fingerprint density at radius 3 is 1.48 bits per heavy atom. The Balaban J connectivity index is 2.39. The summed E-state index contributed by atoms with van der Waals surface area (Å²) in [4.78, 5) is 5.66. The van der Waals surface area contributed by atoms with Crippen molar-refractivity contribution >= 4 is 18.4 Å². The Morgan fingerprint density at radius 2 is 1.14 bits per heavy atom. The minimum atomic E-state index is -2.34. The maximum atomic E-state index is 2.87. The van der Waals surface area contributed by atoms with Crippen molar-refractivity contribution < 1.29 is 0 Å². The summed E-state index contributed by atoms with van der Waals surface area (Å²) in [6.07, 6.45) is 5.51. The number of rotatable bonds is 13. The molecule has 160 valence electrons. The first-order valence-corrected chi connectivity index (χ1v) is 20.4. The minimum absolute atomic E-state index is 0.719. The topological polar surface area (TPSA) is 3.24 Å². The molecule has 0 aliphatic rings. The van der Waals surface area contributed by atoms with Crippen LogP contribution in [-0.4, -0.2) is 27.3 Å². The summed E-state index contributed by atoms with van der Waals surface area (Å²) in [5.74, 6) is 0.719. The van der Waals surface area contributed by atoms with Crippen LogP contribution in [0.2, 0.25) is 13.8 Å². The quantitative estimate of drug-likeness (QED) is 0.253. The third-order valence-electron chi connectivity index (χ3n) is 6.40. The van der Waals surface area contributed by atoms with Crippen LogP contribution in [-0.2, 0) is 13.1 Å². The summed E-state index contributed by atoms with van der Waals surface area (Å²) in [7, 11) is 0. The number of hydrogen-bond donors (Lipinski definition) is 0. The molecule has 29 heavy (non-hydrogen) atoms. The van der Waals surface area contributed by atoms with Gasteiger partial charge in [-0.15, -0.1) is 0 Å². The van der Waals surface area contributed by atoms with Gasteiger partial charge in [0.2, 0.25) is 0 Å². The summed E-state index contributed by atoms with van der Waals surface area (Å²) in [5, 5.41) is 0. The van der Waals surface area contributed by atoms with Crippen molar-refractivity contribution in [3.63, 3.8) is 0 Å².